The maximum absolute atomic E-state index is 13.4. The standard InChI is InChI=1S/C21H26ClNO5S2/c1-14-11-20(15(2)10-19(14)28-3)30(26,27)21-13-29(24,25)12-18(21)23-9-8-16-4-6-17(22)7-5-16/h4-7,10-11,18,21,23H,8-9,12-13H2,1-3H3/t18-,21-/m0/s1. The first-order chi connectivity index (χ1) is 14.0. The van der Waals surface area contributed by atoms with Gasteiger partial charge in [0.05, 0.1) is 28.8 Å². The molecular formula is C21H26ClNO5S2. The molecule has 0 aromatic heterocycles. The smallest absolute Gasteiger partial charge is 0.184 e. The molecule has 2 aromatic carbocycles. The third-order valence-electron chi connectivity index (χ3n) is 5.43. The van der Waals surface area contributed by atoms with E-state index in [1.165, 1.54) is 7.11 Å². The average Bonchev–Trinajstić information content (AvgIpc) is 3.00. The van der Waals surface area contributed by atoms with Gasteiger partial charge in [-0.25, -0.2) is 16.8 Å². The van der Waals surface area contributed by atoms with Crippen molar-refractivity contribution in [1.82, 2.24) is 5.32 Å². The molecule has 1 fully saturated rings. The van der Waals surface area contributed by atoms with Crippen LogP contribution in [0.4, 0.5) is 0 Å². The van der Waals surface area contributed by atoms with E-state index in [1.807, 2.05) is 12.1 Å². The Kier molecular flexibility index (Phi) is 6.81. The average molecular weight is 472 g/mol. The first-order valence-corrected chi connectivity index (χ1v) is 13.4. The van der Waals surface area contributed by atoms with Crippen molar-refractivity contribution >= 4 is 31.3 Å². The van der Waals surface area contributed by atoms with Crippen molar-refractivity contribution in [2.75, 3.05) is 25.2 Å². The fraction of sp³-hybridized carbons (Fsp3) is 0.429. The molecule has 9 heteroatoms. The van der Waals surface area contributed by atoms with Crippen molar-refractivity contribution in [3.63, 3.8) is 0 Å². The highest BCUT2D eigenvalue weighted by atomic mass is 35.5. The van der Waals surface area contributed by atoms with Crippen molar-refractivity contribution in [2.45, 2.75) is 36.5 Å². The van der Waals surface area contributed by atoms with E-state index in [0.717, 1.165) is 5.56 Å². The molecule has 1 N–H and O–H groups in total. The van der Waals surface area contributed by atoms with Gasteiger partial charge in [0, 0.05) is 11.1 Å². The summed E-state index contributed by atoms with van der Waals surface area (Å²) in [6, 6.07) is 9.96. The molecule has 30 heavy (non-hydrogen) atoms. The first kappa shape index (κ1) is 23.1. The molecule has 0 saturated carbocycles. The summed E-state index contributed by atoms with van der Waals surface area (Å²) in [7, 11) is -5.78. The van der Waals surface area contributed by atoms with Gasteiger partial charge >= 0.3 is 0 Å². The Morgan fingerprint density at radius 3 is 2.40 bits per heavy atom. The highest BCUT2D eigenvalue weighted by Crippen LogP contribution is 2.31. The molecule has 2 atom stereocenters. The van der Waals surface area contributed by atoms with Gasteiger partial charge in [0.1, 0.15) is 5.75 Å². The second-order valence-corrected chi connectivity index (χ2v) is 12.4. The Morgan fingerprint density at radius 1 is 1.10 bits per heavy atom. The molecule has 0 bridgehead atoms. The van der Waals surface area contributed by atoms with E-state index in [9.17, 15) is 16.8 Å². The van der Waals surface area contributed by atoms with E-state index in [-0.39, 0.29) is 16.4 Å². The maximum Gasteiger partial charge on any atom is 0.184 e. The molecule has 2 aromatic rings. The Morgan fingerprint density at radius 2 is 1.77 bits per heavy atom. The number of halogens is 1. The van der Waals surface area contributed by atoms with Crippen LogP contribution in [0, 0.1) is 13.8 Å². The van der Waals surface area contributed by atoms with Crippen LogP contribution in [0.1, 0.15) is 16.7 Å². The van der Waals surface area contributed by atoms with E-state index in [1.54, 1.807) is 38.1 Å². The lowest BCUT2D eigenvalue weighted by Crippen LogP contribution is -2.44. The van der Waals surface area contributed by atoms with E-state index < -0.39 is 31.0 Å². The molecule has 1 aliphatic heterocycles. The van der Waals surface area contributed by atoms with Crippen LogP contribution in [0.15, 0.2) is 41.3 Å². The lowest BCUT2D eigenvalue weighted by Gasteiger charge is -2.21. The van der Waals surface area contributed by atoms with Crippen LogP contribution in [0.25, 0.3) is 0 Å². The van der Waals surface area contributed by atoms with Crippen LogP contribution >= 0.6 is 11.6 Å². The molecule has 1 aliphatic rings. The third-order valence-corrected chi connectivity index (χ3v) is 9.97. The lowest BCUT2D eigenvalue weighted by atomic mass is 10.1. The molecule has 1 saturated heterocycles. The van der Waals surface area contributed by atoms with Crippen molar-refractivity contribution < 1.29 is 21.6 Å². The van der Waals surface area contributed by atoms with Crippen molar-refractivity contribution in [3.05, 3.63) is 58.1 Å². The summed E-state index contributed by atoms with van der Waals surface area (Å²) >= 11 is 5.89. The highest BCUT2D eigenvalue weighted by molar-refractivity contribution is 7.96. The molecule has 3 rings (SSSR count). The second kappa shape index (κ2) is 8.86. The van der Waals surface area contributed by atoms with Crippen molar-refractivity contribution in [1.29, 1.82) is 0 Å². The minimum atomic E-state index is -3.85. The highest BCUT2D eigenvalue weighted by Gasteiger charge is 2.46. The molecule has 164 valence electrons. The number of nitrogens with one attached hydrogen (secondary N) is 1. The van der Waals surface area contributed by atoms with E-state index >= 15 is 0 Å². The fourth-order valence-electron chi connectivity index (χ4n) is 3.82. The largest absolute Gasteiger partial charge is 0.496 e. The number of hydrogen-bond acceptors (Lipinski definition) is 6. The van der Waals surface area contributed by atoms with Crippen molar-refractivity contribution in [2.24, 2.45) is 0 Å². The zero-order valence-corrected chi connectivity index (χ0v) is 19.6. The van der Waals surface area contributed by atoms with Crippen LogP contribution in [0.3, 0.4) is 0 Å². The van der Waals surface area contributed by atoms with Crippen LogP contribution in [-0.2, 0) is 26.1 Å². The van der Waals surface area contributed by atoms with Crippen LogP contribution in [0.2, 0.25) is 5.02 Å². The van der Waals surface area contributed by atoms with Crippen LogP contribution < -0.4 is 10.1 Å². The molecule has 0 spiro atoms. The van der Waals surface area contributed by atoms with Gasteiger partial charge < -0.3 is 10.1 Å². The second-order valence-electron chi connectivity index (χ2n) is 7.68. The van der Waals surface area contributed by atoms with E-state index in [2.05, 4.69) is 5.32 Å². The summed E-state index contributed by atoms with van der Waals surface area (Å²) in [6.45, 7) is 3.93. The fourth-order valence-corrected chi connectivity index (χ4v) is 8.97. The van der Waals surface area contributed by atoms with Crippen LogP contribution in [0.5, 0.6) is 5.75 Å². The molecular weight excluding hydrogens is 446 g/mol. The Hall–Kier alpha value is -1.61. The predicted octanol–water partition coefficient (Wildman–Crippen LogP) is 2.74. The minimum Gasteiger partial charge on any atom is -0.496 e. The summed E-state index contributed by atoms with van der Waals surface area (Å²) in [5, 5.41) is 2.78. The monoisotopic (exact) mass is 471 g/mol. The van der Waals surface area contributed by atoms with Gasteiger partial charge in [0.25, 0.3) is 0 Å². The minimum absolute atomic E-state index is 0.160. The lowest BCUT2D eigenvalue weighted by molar-refractivity contribution is 0.411. The number of sulfone groups is 2. The topological polar surface area (TPSA) is 89.5 Å². The molecule has 0 unspecified atom stereocenters. The van der Waals surface area contributed by atoms with Gasteiger partial charge in [-0.1, -0.05) is 23.7 Å². The summed E-state index contributed by atoms with van der Waals surface area (Å²) in [5.74, 6) is 0.0348. The summed E-state index contributed by atoms with van der Waals surface area (Å²) in [4.78, 5) is 0.160. The normalized spacial score (nSPS) is 20.9. The van der Waals surface area contributed by atoms with Gasteiger partial charge in [-0.15, -0.1) is 0 Å². The van der Waals surface area contributed by atoms with Gasteiger partial charge in [-0.3, -0.25) is 0 Å². The molecule has 0 radical (unpaired) electrons. The quantitative estimate of drug-likeness (QED) is 0.667. The SMILES string of the molecule is COc1cc(C)c(S(=O)(=O)[C@H]2CS(=O)(=O)C[C@@H]2NCCc2ccc(Cl)cc2)cc1C. The Balaban J connectivity index is 1.82. The maximum atomic E-state index is 13.4. The predicted molar refractivity (Wildman–Crippen MR) is 119 cm³/mol. The number of methoxy groups -OCH3 is 1. The van der Waals surface area contributed by atoms with Gasteiger partial charge in [0.15, 0.2) is 19.7 Å². The van der Waals surface area contributed by atoms with E-state index in [0.29, 0.717) is 34.9 Å². The number of ether oxygens (including phenoxy) is 1. The van der Waals surface area contributed by atoms with Crippen molar-refractivity contribution in [3.8, 4) is 5.75 Å². The summed E-state index contributed by atoms with van der Waals surface area (Å²) < 4.78 is 56.7. The zero-order valence-electron chi connectivity index (χ0n) is 17.2. The van der Waals surface area contributed by atoms with Gasteiger partial charge in [-0.2, -0.15) is 0 Å². The molecule has 6 nitrogen and oxygen atoms in total. The third kappa shape index (κ3) is 4.99. The number of rotatable bonds is 7. The zero-order chi connectivity index (χ0) is 22.1. The number of aryl methyl sites for hydroxylation is 2. The summed E-state index contributed by atoms with van der Waals surface area (Å²) in [6.07, 6.45) is 0.640. The van der Waals surface area contributed by atoms with Crippen LogP contribution in [-0.4, -0.2) is 53.3 Å². The van der Waals surface area contributed by atoms with Gasteiger partial charge in [-0.05, 0) is 67.8 Å². The first-order valence-electron chi connectivity index (χ1n) is 9.61. The molecule has 0 aliphatic carbocycles. The summed E-state index contributed by atoms with van der Waals surface area (Å²) in [5.41, 5.74) is 2.27. The number of hydrogen-bond donors (Lipinski definition) is 1. The number of benzene rings is 2. The Bertz CT molecular complexity index is 1130. The molecule has 1 heterocycles. The molecule has 0 amide bonds. The Labute approximate surface area is 183 Å². The van der Waals surface area contributed by atoms with E-state index in [4.69, 9.17) is 16.3 Å². The van der Waals surface area contributed by atoms with Gasteiger partial charge in [0.2, 0.25) is 0 Å².